The first-order valence-electron chi connectivity index (χ1n) is 9.52. The molecule has 5 nitrogen and oxygen atoms in total. The summed E-state index contributed by atoms with van der Waals surface area (Å²) in [6.07, 6.45) is 6.96. The number of nitro benzene ring substituents is 1. The summed E-state index contributed by atoms with van der Waals surface area (Å²) in [7, 11) is 0. The van der Waals surface area contributed by atoms with Gasteiger partial charge in [-0.3, -0.25) is 14.9 Å². The van der Waals surface area contributed by atoms with Crippen LogP contribution >= 0.6 is 0 Å². The lowest BCUT2D eigenvalue weighted by Gasteiger charge is -2.35. The zero-order chi connectivity index (χ0) is 19.0. The van der Waals surface area contributed by atoms with Gasteiger partial charge in [0, 0.05) is 29.8 Å². The number of fused-ring (bicyclic) bond motifs is 2. The summed E-state index contributed by atoms with van der Waals surface area (Å²) in [6, 6.07) is 4.90. The number of carbonyl (C=O) groups is 1. The van der Waals surface area contributed by atoms with Crippen LogP contribution in [0.1, 0.15) is 49.5 Å². The van der Waals surface area contributed by atoms with Gasteiger partial charge in [0.2, 0.25) is 0 Å². The summed E-state index contributed by atoms with van der Waals surface area (Å²) in [5, 5.41) is 11.2. The zero-order valence-electron chi connectivity index (χ0n) is 16.0. The summed E-state index contributed by atoms with van der Waals surface area (Å²) in [5.41, 5.74) is 0.998. The molecule has 0 heterocycles. The Kier molecular flexibility index (Phi) is 5.17. The van der Waals surface area contributed by atoms with Crippen molar-refractivity contribution in [3.05, 3.63) is 51.6 Å². The molecule has 26 heavy (non-hydrogen) atoms. The SMILES string of the molecule is Cc1ccc(C(=O)N(CC2CC3C=CC2C3)C(C)C(C)C)cc1[N+](=O)[O-]. The van der Waals surface area contributed by atoms with Gasteiger partial charge in [-0.15, -0.1) is 0 Å². The van der Waals surface area contributed by atoms with Gasteiger partial charge in [-0.05, 0) is 56.4 Å². The molecule has 4 atom stereocenters. The molecule has 1 saturated carbocycles. The van der Waals surface area contributed by atoms with E-state index in [-0.39, 0.29) is 17.6 Å². The van der Waals surface area contributed by atoms with Gasteiger partial charge in [0.05, 0.1) is 4.92 Å². The molecule has 5 heteroatoms. The lowest BCUT2D eigenvalue weighted by Crippen LogP contribution is -2.44. The number of amides is 1. The van der Waals surface area contributed by atoms with E-state index in [9.17, 15) is 14.9 Å². The summed E-state index contributed by atoms with van der Waals surface area (Å²) in [6.45, 7) is 8.73. The van der Waals surface area contributed by atoms with Crippen molar-refractivity contribution < 1.29 is 9.72 Å². The first-order valence-corrected chi connectivity index (χ1v) is 9.52. The van der Waals surface area contributed by atoms with Crippen LogP contribution in [0, 0.1) is 40.7 Å². The standard InChI is InChI=1S/C21H28N2O3/c1-13(2)15(4)22(12-19-10-16-6-8-17(19)9-16)21(24)18-7-5-14(3)20(11-18)23(25)26/h5-8,11,13,15-17,19H,9-10,12H2,1-4H3. The Morgan fingerprint density at radius 1 is 1.27 bits per heavy atom. The number of nitro groups is 1. The number of nitrogens with zero attached hydrogens (tertiary/aromatic N) is 2. The van der Waals surface area contributed by atoms with Gasteiger partial charge in [-0.2, -0.15) is 0 Å². The van der Waals surface area contributed by atoms with Crippen LogP contribution < -0.4 is 0 Å². The molecule has 1 aromatic rings. The Bertz CT molecular complexity index is 741. The minimum absolute atomic E-state index is 0.0101. The maximum Gasteiger partial charge on any atom is 0.273 e. The lowest BCUT2D eigenvalue weighted by molar-refractivity contribution is -0.385. The Morgan fingerprint density at radius 3 is 2.54 bits per heavy atom. The fourth-order valence-corrected chi connectivity index (χ4v) is 4.26. The molecule has 0 radical (unpaired) electrons. The maximum atomic E-state index is 13.3. The van der Waals surface area contributed by atoms with Crippen molar-refractivity contribution in [1.29, 1.82) is 0 Å². The smallest absolute Gasteiger partial charge is 0.273 e. The molecule has 4 unspecified atom stereocenters. The third-order valence-electron chi connectivity index (χ3n) is 6.22. The molecule has 0 saturated heterocycles. The molecule has 140 valence electrons. The molecule has 1 aromatic carbocycles. The highest BCUT2D eigenvalue weighted by Gasteiger charge is 2.38. The Balaban J connectivity index is 1.86. The fraction of sp³-hybridized carbons (Fsp3) is 0.571. The van der Waals surface area contributed by atoms with E-state index in [0.717, 1.165) is 13.0 Å². The minimum Gasteiger partial charge on any atom is -0.335 e. The van der Waals surface area contributed by atoms with E-state index < -0.39 is 4.92 Å². The maximum absolute atomic E-state index is 13.3. The van der Waals surface area contributed by atoms with Crippen molar-refractivity contribution in [3.63, 3.8) is 0 Å². The predicted octanol–water partition coefficient (Wildman–Crippen LogP) is 4.60. The van der Waals surface area contributed by atoms with Crippen LogP contribution in [0.15, 0.2) is 30.4 Å². The molecule has 2 aliphatic rings. The summed E-state index contributed by atoms with van der Waals surface area (Å²) < 4.78 is 0. The summed E-state index contributed by atoms with van der Waals surface area (Å²) >= 11 is 0. The number of hydrogen-bond acceptors (Lipinski definition) is 3. The highest BCUT2D eigenvalue weighted by Crippen LogP contribution is 2.44. The van der Waals surface area contributed by atoms with Crippen LogP contribution in [0.4, 0.5) is 5.69 Å². The molecule has 2 aliphatic carbocycles. The molecule has 0 aromatic heterocycles. The lowest BCUT2D eigenvalue weighted by atomic mass is 9.91. The van der Waals surface area contributed by atoms with Gasteiger partial charge in [0.1, 0.15) is 0 Å². The van der Waals surface area contributed by atoms with Crippen LogP contribution in [0.2, 0.25) is 0 Å². The summed E-state index contributed by atoms with van der Waals surface area (Å²) in [5.74, 6) is 1.96. The quantitative estimate of drug-likeness (QED) is 0.425. The van der Waals surface area contributed by atoms with Gasteiger partial charge < -0.3 is 4.90 Å². The predicted molar refractivity (Wildman–Crippen MR) is 102 cm³/mol. The van der Waals surface area contributed by atoms with Crippen LogP contribution in [0.3, 0.4) is 0 Å². The second kappa shape index (κ2) is 7.22. The monoisotopic (exact) mass is 356 g/mol. The number of rotatable bonds is 6. The number of carbonyl (C=O) groups excluding carboxylic acids is 1. The van der Waals surface area contributed by atoms with Crippen molar-refractivity contribution in [3.8, 4) is 0 Å². The van der Waals surface area contributed by atoms with Gasteiger partial charge in [-0.1, -0.05) is 32.1 Å². The molecule has 1 fully saturated rings. The van der Waals surface area contributed by atoms with Crippen LogP contribution in [0.25, 0.3) is 0 Å². The summed E-state index contributed by atoms with van der Waals surface area (Å²) in [4.78, 5) is 26.0. The van der Waals surface area contributed by atoms with Gasteiger partial charge in [0.15, 0.2) is 0 Å². The van der Waals surface area contributed by atoms with Gasteiger partial charge in [0.25, 0.3) is 11.6 Å². The average Bonchev–Trinajstić information content (AvgIpc) is 3.21. The Labute approximate surface area is 155 Å². The van der Waals surface area contributed by atoms with E-state index in [1.54, 1.807) is 19.1 Å². The molecule has 0 spiro atoms. The van der Waals surface area contributed by atoms with E-state index in [2.05, 4.69) is 32.9 Å². The van der Waals surface area contributed by atoms with Gasteiger partial charge in [-0.25, -0.2) is 0 Å². The second-order valence-electron chi connectivity index (χ2n) is 8.24. The number of benzene rings is 1. The van der Waals surface area contributed by atoms with Gasteiger partial charge >= 0.3 is 0 Å². The van der Waals surface area contributed by atoms with E-state index in [1.165, 1.54) is 12.5 Å². The third kappa shape index (κ3) is 3.53. The van der Waals surface area contributed by atoms with Crippen LogP contribution in [-0.4, -0.2) is 28.3 Å². The zero-order valence-corrected chi connectivity index (χ0v) is 16.0. The van der Waals surface area contributed by atoms with E-state index >= 15 is 0 Å². The van der Waals surface area contributed by atoms with E-state index in [1.807, 2.05) is 4.90 Å². The Morgan fingerprint density at radius 2 is 2.00 bits per heavy atom. The van der Waals surface area contributed by atoms with Crippen molar-refractivity contribution in [2.45, 2.75) is 46.6 Å². The van der Waals surface area contributed by atoms with E-state index in [0.29, 0.717) is 34.8 Å². The van der Waals surface area contributed by atoms with Crippen molar-refractivity contribution >= 4 is 11.6 Å². The number of hydrogen-bond donors (Lipinski definition) is 0. The largest absolute Gasteiger partial charge is 0.335 e. The molecular weight excluding hydrogens is 328 g/mol. The highest BCUT2D eigenvalue weighted by atomic mass is 16.6. The third-order valence-corrected chi connectivity index (χ3v) is 6.22. The fourth-order valence-electron chi connectivity index (χ4n) is 4.26. The molecule has 0 aliphatic heterocycles. The minimum atomic E-state index is -0.414. The van der Waals surface area contributed by atoms with Crippen LogP contribution in [0.5, 0.6) is 0 Å². The normalized spacial score (nSPS) is 24.9. The average molecular weight is 356 g/mol. The molecule has 2 bridgehead atoms. The van der Waals surface area contributed by atoms with Crippen LogP contribution in [-0.2, 0) is 0 Å². The first kappa shape index (κ1) is 18.6. The topological polar surface area (TPSA) is 63.5 Å². The second-order valence-corrected chi connectivity index (χ2v) is 8.24. The molecular formula is C21H28N2O3. The van der Waals surface area contributed by atoms with Crippen molar-refractivity contribution in [2.75, 3.05) is 6.54 Å². The first-order chi connectivity index (χ1) is 12.3. The van der Waals surface area contributed by atoms with E-state index in [4.69, 9.17) is 0 Å². The van der Waals surface area contributed by atoms with Crippen molar-refractivity contribution in [1.82, 2.24) is 4.90 Å². The molecule has 3 rings (SSSR count). The highest BCUT2D eigenvalue weighted by molar-refractivity contribution is 5.95. The molecule has 0 N–H and O–H groups in total. The number of aryl methyl sites for hydroxylation is 1. The Hall–Kier alpha value is -2.17. The van der Waals surface area contributed by atoms with Crippen molar-refractivity contribution in [2.24, 2.45) is 23.7 Å². The number of allylic oxidation sites excluding steroid dienone is 2. The molecule has 1 amide bonds.